The minimum atomic E-state index is 0.00231. The molecule has 0 aliphatic carbocycles. The molecular weight excluding hydrogens is 106 g/mol. The standard InChI is InChI=1S/C5H5NO2/c7-4-1-5(8)6-2-3(4)6/h3H,1-2H2. The Bertz CT molecular complexity index is 157. The average Bonchev–Trinajstić information content (AvgIpc) is 2.35. The number of nitrogens with zero attached hydrogens (tertiary/aromatic N) is 1. The summed E-state index contributed by atoms with van der Waals surface area (Å²) in [5, 5.41) is 0. The topological polar surface area (TPSA) is 37.1 Å². The van der Waals surface area contributed by atoms with Crippen molar-refractivity contribution in [3.8, 4) is 0 Å². The molecule has 42 valence electrons. The Morgan fingerprint density at radius 2 is 2.25 bits per heavy atom. The summed E-state index contributed by atoms with van der Waals surface area (Å²) in [6.07, 6.45) is 0.157. The summed E-state index contributed by atoms with van der Waals surface area (Å²) < 4.78 is 0. The van der Waals surface area contributed by atoms with E-state index in [0.29, 0.717) is 6.54 Å². The Hall–Kier alpha value is -0.860. The largest absolute Gasteiger partial charge is 0.328 e. The lowest BCUT2D eigenvalue weighted by Gasteiger charge is -1.85. The molecule has 0 aromatic rings. The number of carbonyl (C=O) groups excluding carboxylic acids is 2. The fourth-order valence-electron chi connectivity index (χ4n) is 1.06. The van der Waals surface area contributed by atoms with E-state index in [-0.39, 0.29) is 24.2 Å². The summed E-state index contributed by atoms with van der Waals surface area (Å²) in [6, 6.07) is 0.00231. The number of Topliss-reactive ketones (excluding diaryl/α,β-unsaturated/α-hetero) is 1. The Kier molecular flexibility index (Phi) is 0.477. The van der Waals surface area contributed by atoms with Crippen molar-refractivity contribution in [2.24, 2.45) is 0 Å². The van der Waals surface area contributed by atoms with Gasteiger partial charge in [-0.25, -0.2) is 0 Å². The van der Waals surface area contributed by atoms with Gasteiger partial charge in [0.25, 0.3) is 0 Å². The highest BCUT2D eigenvalue weighted by Crippen LogP contribution is 2.27. The Morgan fingerprint density at radius 3 is 2.38 bits per heavy atom. The van der Waals surface area contributed by atoms with E-state index in [1.807, 2.05) is 0 Å². The Labute approximate surface area is 46.3 Å². The zero-order valence-electron chi connectivity index (χ0n) is 4.26. The number of hydrogen-bond acceptors (Lipinski definition) is 2. The first kappa shape index (κ1) is 4.06. The van der Waals surface area contributed by atoms with Crippen molar-refractivity contribution in [1.82, 2.24) is 4.90 Å². The van der Waals surface area contributed by atoms with Crippen LogP contribution in [0.3, 0.4) is 0 Å². The first-order chi connectivity index (χ1) is 3.79. The monoisotopic (exact) mass is 111 g/mol. The summed E-state index contributed by atoms with van der Waals surface area (Å²) in [6.45, 7) is 0.692. The molecule has 0 saturated carbocycles. The summed E-state index contributed by atoms with van der Waals surface area (Å²) in [5.41, 5.74) is 0. The Balaban J connectivity index is 2.31. The summed E-state index contributed by atoms with van der Waals surface area (Å²) in [4.78, 5) is 22.7. The molecule has 3 nitrogen and oxygen atoms in total. The van der Waals surface area contributed by atoms with Crippen molar-refractivity contribution in [3.63, 3.8) is 0 Å². The van der Waals surface area contributed by atoms with Crippen molar-refractivity contribution in [2.75, 3.05) is 6.54 Å². The van der Waals surface area contributed by atoms with Gasteiger partial charge in [0, 0.05) is 6.54 Å². The van der Waals surface area contributed by atoms with Crippen molar-refractivity contribution in [3.05, 3.63) is 0 Å². The first-order valence-corrected chi connectivity index (χ1v) is 2.61. The smallest absolute Gasteiger partial charge is 0.230 e. The molecule has 1 unspecified atom stereocenters. The zero-order chi connectivity index (χ0) is 5.72. The van der Waals surface area contributed by atoms with E-state index in [1.54, 1.807) is 4.90 Å². The van der Waals surface area contributed by atoms with Crippen LogP contribution in [-0.4, -0.2) is 29.2 Å². The molecule has 2 heterocycles. The number of fused-ring (bicyclic) bond motifs is 1. The molecule has 8 heavy (non-hydrogen) atoms. The van der Waals surface area contributed by atoms with Crippen LogP contribution >= 0.6 is 0 Å². The number of ketones is 1. The summed E-state index contributed by atoms with van der Waals surface area (Å²) in [7, 11) is 0. The van der Waals surface area contributed by atoms with E-state index in [9.17, 15) is 9.59 Å². The fourth-order valence-corrected chi connectivity index (χ4v) is 1.06. The lowest BCUT2D eigenvalue weighted by atomic mass is 10.2. The number of rotatable bonds is 0. The predicted octanol–water partition coefficient (Wildman–Crippen LogP) is -0.830. The maximum absolute atomic E-state index is 10.6. The molecule has 0 N–H and O–H groups in total. The van der Waals surface area contributed by atoms with Crippen LogP contribution in [0.5, 0.6) is 0 Å². The van der Waals surface area contributed by atoms with Gasteiger partial charge in [-0.3, -0.25) is 9.59 Å². The lowest BCUT2D eigenvalue weighted by molar-refractivity contribution is -0.126. The minimum absolute atomic E-state index is 0.00231. The molecule has 0 radical (unpaired) electrons. The molecule has 1 atom stereocenters. The molecule has 0 bridgehead atoms. The number of carbonyl (C=O) groups is 2. The number of amides is 1. The van der Waals surface area contributed by atoms with Crippen LogP contribution in [0, 0.1) is 0 Å². The van der Waals surface area contributed by atoms with Gasteiger partial charge in [0.1, 0.15) is 6.04 Å². The van der Waals surface area contributed by atoms with Gasteiger partial charge in [0.2, 0.25) is 5.91 Å². The maximum atomic E-state index is 10.6. The molecule has 2 aliphatic heterocycles. The molecule has 2 aliphatic rings. The van der Waals surface area contributed by atoms with E-state index >= 15 is 0 Å². The number of hydrogen-bond donors (Lipinski definition) is 0. The van der Waals surface area contributed by atoms with E-state index in [4.69, 9.17) is 0 Å². The molecule has 2 fully saturated rings. The summed E-state index contributed by atoms with van der Waals surface area (Å²) >= 11 is 0. The van der Waals surface area contributed by atoms with Crippen LogP contribution in [-0.2, 0) is 9.59 Å². The molecule has 1 amide bonds. The molecular formula is C5H5NO2. The van der Waals surface area contributed by atoms with Crippen molar-refractivity contribution >= 4 is 11.7 Å². The van der Waals surface area contributed by atoms with Gasteiger partial charge >= 0.3 is 0 Å². The molecule has 0 spiro atoms. The second-order valence-corrected chi connectivity index (χ2v) is 2.20. The van der Waals surface area contributed by atoms with Crippen molar-refractivity contribution in [1.29, 1.82) is 0 Å². The molecule has 0 aromatic heterocycles. The minimum Gasteiger partial charge on any atom is -0.328 e. The summed E-state index contributed by atoms with van der Waals surface area (Å²) in [5.74, 6) is 0.120. The van der Waals surface area contributed by atoms with Crippen LogP contribution in [0.15, 0.2) is 0 Å². The van der Waals surface area contributed by atoms with Gasteiger partial charge in [-0.2, -0.15) is 0 Å². The average molecular weight is 111 g/mol. The molecule has 2 saturated heterocycles. The third kappa shape index (κ3) is 0.300. The fraction of sp³-hybridized carbons (Fsp3) is 0.600. The number of piperidine rings is 1. The third-order valence-corrected chi connectivity index (χ3v) is 1.63. The highest BCUT2D eigenvalue weighted by atomic mass is 16.2. The Morgan fingerprint density at radius 1 is 1.50 bits per heavy atom. The van der Waals surface area contributed by atoms with Gasteiger partial charge in [0.05, 0.1) is 6.42 Å². The van der Waals surface area contributed by atoms with Crippen molar-refractivity contribution < 1.29 is 9.59 Å². The van der Waals surface area contributed by atoms with Crippen LogP contribution in [0.1, 0.15) is 6.42 Å². The highest BCUT2D eigenvalue weighted by Gasteiger charge is 2.50. The van der Waals surface area contributed by atoms with Crippen LogP contribution in [0.25, 0.3) is 0 Å². The zero-order valence-corrected chi connectivity index (χ0v) is 4.26. The van der Waals surface area contributed by atoms with E-state index in [2.05, 4.69) is 0 Å². The maximum Gasteiger partial charge on any atom is 0.230 e. The second kappa shape index (κ2) is 0.940. The van der Waals surface area contributed by atoms with Crippen LogP contribution < -0.4 is 0 Å². The SMILES string of the molecule is O=C1CC(=O)N2CC12. The van der Waals surface area contributed by atoms with Crippen LogP contribution in [0.4, 0.5) is 0 Å². The second-order valence-electron chi connectivity index (χ2n) is 2.20. The van der Waals surface area contributed by atoms with E-state index < -0.39 is 0 Å². The van der Waals surface area contributed by atoms with E-state index in [0.717, 1.165) is 0 Å². The van der Waals surface area contributed by atoms with Gasteiger partial charge in [-0.05, 0) is 0 Å². The van der Waals surface area contributed by atoms with Gasteiger partial charge in [-0.15, -0.1) is 0 Å². The molecule has 2 rings (SSSR count). The third-order valence-electron chi connectivity index (χ3n) is 1.63. The molecule has 3 heteroatoms. The van der Waals surface area contributed by atoms with Crippen LogP contribution in [0.2, 0.25) is 0 Å². The highest BCUT2D eigenvalue weighted by molar-refractivity contribution is 6.11. The van der Waals surface area contributed by atoms with Gasteiger partial charge in [-0.1, -0.05) is 0 Å². The van der Waals surface area contributed by atoms with Crippen molar-refractivity contribution in [2.45, 2.75) is 12.5 Å². The molecule has 0 aromatic carbocycles. The lowest BCUT2D eigenvalue weighted by Crippen LogP contribution is -2.05. The predicted molar refractivity (Wildman–Crippen MR) is 25.1 cm³/mol. The van der Waals surface area contributed by atoms with E-state index in [1.165, 1.54) is 0 Å². The normalized spacial score (nSPS) is 33.5. The first-order valence-electron chi connectivity index (χ1n) is 2.61. The van der Waals surface area contributed by atoms with Gasteiger partial charge < -0.3 is 4.90 Å². The van der Waals surface area contributed by atoms with Gasteiger partial charge in [0.15, 0.2) is 5.78 Å². The quantitative estimate of drug-likeness (QED) is 0.302.